The van der Waals surface area contributed by atoms with Crippen molar-refractivity contribution < 1.29 is 23.4 Å². The maximum Gasteiger partial charge on any atom is 0.293 e. The van der Waals surface area contributed by atoms with E-state index in [1.165, 1.54) is 49.0 Å². The molecule has 2 aromatic heterocycles. The Morgan fingerprint density at radius 1 is 1.02 bits per heavy atom. The van der Waals surface area contributed by atoms with Gasteiger partial charge >= 0.3 is 0 Å². The van der Waals surface area contributed by atoms with Gasteiger partial charge in [-0.25, -0.2) is 9.19 Å². The number of hydrogen-bond donors (Lipinski definition) is 3. The number of allylic oxidation sites excluding steroid dienone is 1. The van der Waals surface area contributed by atoms with Crippen LogP contribution in [-0.2, 0) is 15.7 Å². The van der Waals surface area contributed by atoms with Crippen LogP contribution in [0.4, 0.5) is 11.4 Å². The molecule has 4 heterocycles. The van der Waals surface area contributed by atoms with Gasteiger partial charge in [0, 0.05) is 49.0 Å². The van der Waals surface area contributed by atoms with Gasteiger partial charge in [0.25, 0.3) is 11.6 Å². The highest BCUT2D eigenvalue weighted by Crippen LogP contribution is 2.55. The van der Waals surface area contributed by atoms with E-state index in [9.17, 15) is 19.1 Å². The number of piperidine rings is 1. The first kappa shape index (κ1) is 44.5. The summed E-state index contributed by atoms with van der Waals surface area (Å²) in [5.74, 6) is 0.736. The third-order valence-corrected chi connectivity index (χ3v) is 14.7. The van der Waals surface area contributed by atoms with E-state index in [2.05, 4.69) is 37.0 Å². The molecule has 1 saturated carbocycles. The van der Waals surface area contributed by atoms with Crippen LogP contribution >= 0.6 is 11.6 Å². The topological polar surface area (TPSA) is 152 Å². The quantitative estimate of drug-likeness (QED) is 0.0775. The Hall–Kier alpha value is -5.08. The van der Waals surface area contributed by atoms with Gasteiger partial charge in [0.1, 0.15) is 22.8 Å². The zero-order valence-electron chi connectivity index (χ0n) is 36.1. The number of carbonyl (C=O) groups is 1. The number of halogens is 1. The van der Waals surface area contributed by atoms with Crippen LogP contribution in [0.5, 0.6) is 11.5 Å². The van der Waals surface area contributed by atoms with Crippen LogP contribution in [0.3, 0.4) is 0 Å². The Labute approximate surface area is 376 Å². The van der Waals surface area contributed by atoms with Crippen molar-refractivity contribution in [3.8, 4) is 11.5 Å². The molecule has 332 valence electrons. The number of pyridine rings is 1. The molecule has 2 saturated heterocycles. The van der Waals surface area contributed by atoms with Crippen LogP contribution in [-0.4, -0.2) is 69.3 Å². The molecule has 1 spiro atoms. The van der Waals surface area contributed by atoms with E-state index in [0.29, 0.717) is 53.9 Å². The molecule has 1 atom stereocenters. The average Bonchev–Trinajstić information content (AvgIpc) is 3.77. The summed E-state index contributed by atoms with van der Waals surface area (Å²) in [6.07, 6.45) is 14.7. The number of nitrogens with one attached hydrogen (secondary N) is 3. The second kappa shape index (κ2) is 20.2. The minimum atomic E-state index is -2.10. The lowest BCUT2D eigenvalue weighted by atomic mass is 9.59. The Morgan fingerprint density at radius 3 is 2.52 bits per heavy atom. The van der Waals surface area contributed by atoms with Crippen LogP contribution in [0.25, 0.3) is 16.6 Å². The molecule has 2 aliphatic heterocycles. The van der Waals surface area contributed by atoms with Crippen LogP contribution in [0.2, 0.25) is 5.02 Å². The van der Waals surface area contributed by atoms with Crippen LogP contribution in [0.15, 0.2) is 95.7 Å². The number of anilines is 1. The van der Waals surface area contributed by atoms with Gasteiger partial charge in [-0.15, -0.1) is 0 Å². The fourth-order valence-corrected chi connectivity index (χ4v) is 10.5. The highest BCUT2D eigenvalue weighted by molar-refractivity contribution is 7.83. The van der Waals surface area contributed by atoms with Crippen molar-refractivity contribution in [1.29, 1.82) is 0 Å². The number of amides is 1. The van der Waals surface area contributed by atoms with Gasteiger partial charge in [-0.2, -0.15) is 0 Å². The normalized spacial score (nSPS) is 18.6. The lowest BCUT2D eigenvalue weighted by Crippen LogP contribution is -2.37. The maximum absolute atomic E-state index is 13.9. The van der Waals surface area contributed by atoms with E-state index in [-0.39, 0.29) is 22.1 Å². The summed E-state index contributed by atoms with van der Waals surface area (Å²) in [4.78, 5) is 35.8. The third-order valence-electron chi connectivity index (χ3n) is 13.4. The molecule has 3 fully saturated rings. The minimum absolute atomic E-state index is 0.108. The van der Waals surface area contributed by atoms with Gasteiger partial charge in [0.05, 0.1) is 21.6 Å². The van der Waals surface area contributed by atoms with Crippen molar-refractivity contribution in [2.75, 3.05) is 44.7 Å². The number of nitrogens with zero attached hydrogens (tertiary/aromatic N) is 3. The van der Waals surface area contributed by atoms with Gasteiger partial charge in [-0.1, -0.05) is 55.6 Å². The summed E-state index contributed by atoms with van der Waals surface area (Å²) in [5, 5.41) is 16.9. The average molecular weight is 894 g/mol. The molecule has 0 bridgehead atoms. The number of benzene rings is 3. The zero-order valence-corrected chi connectivity index (χ0v) is 37.7. The first-order chi connectivity index (χ1) is 30.7. The number of aromatic amines is 1. The van der Waals surface area contributed by atoms with Crippen molar-refractivity contribution in [1.82, 2.24) is 19.6 Å². The molecule has 12 nitrogen and oxygen atoms in total. The van der Waals surface area contributed by atoms with Crippen molar-refractivity contribution in [3.05, 3.63) is 123 Å². The molecular weight excluding hydrogens is 836 g/mol. The molecule has 1 unspecified atom stereocenters. The molecule has 0 radical (unpaired) electrons. The highest BCUT2D eigenvalue weighted by atomic mass is 35.5. The van der Waals surface area contributed by atoms with E-state index >= 15 is 0 Å². The van der Waals surface area contributed by atoms with Crippen molar-refractivity contribution >= 4 is 56.5 Å². The molecule has 14 heteroatoms. The van der Waals surface area contributed by atoms with Crippen molar-refractivity contribution in [2.45, 2.75) is 88.9 Å². The summed E-state index contributed by atoms with van der Waals surface area (Å²) in [6.45, 7) is 8.79. The number of rotatable bonds is 13. The van der Waals surface area contributed by atoms with Crippen molar-refractivity contribution in [3.63, 3.8) is 0 Å². The van der Waals surface area contributed by atoms with Gasteiger partial charge in [-0.3, -0.25) is 24.5 Å². The second-order valence-corrected chi connectivity index (χ2v) is 18.8. The second-order valence-electron chi connectivity index (χ2n) is 17.2. The molecule has 5 aromatic rings. The first-order valence-corrected chi connectivity index (χ1v) is 24.0. The number of hydrogen-bond acceptors (Lipinski definition) is 9. The molecule has 1 amide bonds. The Morgan fingerprint density at radius 2 is 1.79 bits per heavy atom. The smallest absolute Gasteiger partial charge is 0.293 e. The Kier molecular flexibility index (Phi) is 14.3. The molecular formula is C49H57ClN6O6S. The molecule has 2 aliphatic carbocycles. The highest BCUT2D eigenvalue weighted by Gasteiger charge is 2.41. The standard InChI is InChI=1S/C47H51ClN6O6S.C2H6/c48-37-5-2-33(3-6-37)41-27-47(16-1-17-47)18-10-36(41)30-53-20-12-32(13-21-53)34-4-8-40(44(25-34)60-38-24-35-11-19-49-45(35)51-29-38)46(55)52-61(58)39-7-9-42(43(26-39)54(56)57)50-28-31-14-22-59-23-15-31;1-2/h2-9,11,19,24-26,29,31-32,50H,1,10,12-18,20-23,27-28,30H2,(H,49,51)(H,52,55);1-2H3. The lowest BCUT2D eigenvalue weighted by Gasteiger charge is -2.47. The van der Waals surface area contributed by atoms with E-state index < -0.39 is 21.8 Å². The number of likely N-dealkylation sites (tertiary alicyclic amines) is 1. The minimum Gasteiger partial charge on any atom is -0.455 e. The number of carbonyl (C=O) groups excluding carboxylic acids is 1. The third kappa shape index (κ3) is 10.5. The maximum atomic E-state index is 13.9. The van der Waals surface area contributed by atoms with E-state index in [1.807, 2.05) is 50.2 Å². The van der Waals surface area contributed by atoms with Crippen molar-refractivity contribution in [2.24, 2.45) is 11.3 Å². The summed E-state index contributed by atoms with van der Waals surface area (Å²) in [6, 6.07) is 22.1. The lowest BCUT2D eigenvalue weighted by molar-refractivity contribution is -0.384. The summed E-state index contributed by atoms with van der Waals surface area (Å²) < 4.78 is 28.0. The van der Waals surface area contributed by atoms with Crippen LogP contribution in [0, 0.1) is 21.4 Å². The Balaban J connectivity index is 0.00000268. The summed E-state index contributed by atoms with van der Waals surface area (Å²) in [5.41, 5.74) is 6.95. The number of aromatic nitrogens is 2. The zero-order chi connectivity index (χ0) is 43.9. The van der Waals surface area contributed by atoms with Gasteiger partial charge < -0.3 is 19.8 Å². The number of H-pyrrole nitrogens is 1. The molecule has 3 aromatic carbocycles. The number of nitro groups is 1. The van der Waals surface area contributed by atoms with Gasteiger partial charge in [0.2, 0.25) is 0 Å². The van der Waals surface area contributed by atoms with E-state index in [0.717, 1.165) is 74.1 Å². The van der Waals surface area contributed by atoms with E-state index in [1.54, 1.807) is 30.1 Å². The van der Waals surface area contributed by atoms with E-state index in [4.69, 9.17) is 21.1 Å². The molecule has 9 rings (SSSR count). The monoisotopic (exact) mass is 892 g/mol. The van der Waals surface area contributed by atoms with Crippen LogP contribution in [0.1, 0.15) is 105 Å². The number of ether oxygens (including phenoxy) is 2. The summed E-state index contributed by atoms with van der Waals surface area (Å²) in [7, 11) is -2.10. The number of fused-ring (bicyclic) bond motifs is 1. The predicted octanol–water partition coefficient (Wildman–Crippen LogP) is 11.2. The fourth-order valence-electron chi connectivity index (χ4n) is 9.58. The molecule has 4 aliphatic rings. The summed E-state index contributed by atoms with van der Waals surface area (Å²) >= 11 is 6.29. The molecule has 63 heavy (non-hydrogen) atoms. The van der Waals surface area contributed by atoms with Gasteiger partial charge in [0.15, 0.2) is 11.0 Å². The van der Waals surface area contributed by atoms with Gasteiger partial charge in [-0.05, 0) is 153 Å². The first-order valence-electron chi connectivity index (χ1n) is 22.5. The Bertz CT molecular complexity index is 2470. The largest absolute Gasteiger partial charge is 0.455 e. The predicted molar refractivity (Wildman–Crippen MR) is 250 cm³/mol. The van der Waals surface area contributed by atoms with Crippen LogP contribution < -0.4 is 14.8 Å². The molecule has 3 N–H and O–H groups in total. The fraction of sp³-hybridized carbons (Fsp3) is 0.429. The SMILES string of the molecule is CC.O=C(NS(=O)c1ccc(NCC2CCOCC2)c([N+](=O)[O-])c1)c1ccc(C2CCN(CC3=C(c4ccc(Cl)cc4)CC4(CCC4)CC3)CC2)cc1Oc1cnc2[nH]ccc2c1. The number of nitro benzene ring substituents is 1.